The van der Waals surface area contributed by atoms with Gasteiger partial charge in [0.05, 0.1) is 18.7 Å². The van der Waals surface area contributed by atoms with Gasteiger partial charge in [-0.25, -0.2) is 4.98 Å². The Bertz CT molecular complexity index is 1240. The van der Waals surface area contributed by atoms with Crippen molar-refractivity contribution in [2.75, 3.05) is 10.6 Å². The van der Waals surface area contributed by atoms with E-state index >= 15 is 0 Å². The van der Waals surface area contributed by atoms with Crippen LogP contribution in [0.4, 0.5) is 17.3 Å². The molecular weight excluding hydrogens is 408 g/mol. The Morgan fingerprint density at radius 3 is 2.81 bits per heavy atom. The van der Waals surface area contributed by atoms with Gasteiger partial charge in [0.15, 0.2) is 5.65 Å². The molecule has 0 unspecified atom stereocenters. The van der Waals surface area contributed by atoms with Crippen LogP contribution in [0.1, 0.15) is 38.7 Å². The molecule has 2 fully saturated rings. The number of ether oxygens (including phenoxy) is 1. The first-order chi connectivity index (χ1) is 15.4. The maximum absolute atomic E-state index is 12.0. The van der Waals surface area contributed by atoms with Crippen molar-refractivity contribution in [3.05, 3.63) is 47.7 Å². The van der Waals surface area contributed by atoms with Gasteiger partial charge in [0.2, 0.25) is 5.91 Å². The van der Waals surface area contributed by atoms with Crippen LogP contribution in [0.5, 0.6) is 5.75 Å². The van der Waals surface area contributed by atoms with E-state index in [1.54, 1.807) is 16.8 Å². The SMILES string of the molecule is CC(C)Oc1cccc(Nc2cc(NC3CC3)n3ncc(/C=C4\CC(=O)NC4=O)c3n2)c1. The van der Waals surface area contributed by atoms with Crippen LogP contribution in [0.25, 0.3) is 11.7 Å². The Labute approximate surface area is 184 Å². The van der Waals surface area contributed by atoms with Crippen LogP contribution < -0.4 is 20.7 Å². The molecule has 1 aromatic carbocycles. The van der Waals surface area contributed by atoms with E-state index in [0.29, 0.717) is 28.6 Å². The zero-order valence-corrected chi connectivity index (χ0v) is 17.9. The Morgan fingerprint density at radius 2 is 2.09 bits per heavy atom. The number of aromatic nitrogens is 3. The van der Waals surface area contributed by atoms with Gasteiger partial charge < -0.3 is 15.4 Å². The first-order valence-electron chi connectivity index (χ1n) is 10.7. The summed E-state index contributed by atoms with van der Waals surface area (Å²) in [5.74, 6) is 1.55. The molecule has 0 bridgehead atoms. The van der Waals surface area contributed by atoms with Gasteiger partial charge in [0.1, 0.15) is 17.4 Å². The fourth-order valence-electron chi connectivity index (χ4n) is 3.56. The van der Waals surface area contributed by atoms with Gasteiger partial charge in [0, 0.05) is 35.0 Å². The summed E-state index contributed by atoms with van der Waals surface area (Å²) in [4.78, 5) is 28.3. The fourth-order valence-corrected chi connectivity index (χ4v) is 3.56. The lowest BCUT2D eigenvalue weighted by molar-refractivity contribution is -0.124. The van der Waals surface area contributed by atoms with Crippen molar-refractivity contribution in [1.82, 2.24) is 19.9 Å². The highest BCUT2D eigenvalue weighted by atomic mass is 16.5. The molecule has 2 aromatic heterocycles. The number of nitrogens with zero attached hydrogens (tertiary/aromatic N) is 3. The highest BCUT2D eigenvalue weighted by Gasteiger charge is 2.25. The lowest BCUT2D eigenvalue weighted by Gasteiger charge is -2.13. The first kappa shape index (κ1) is 20.0. The molecule has 1 saturated heterocycles. The largest absolute Gasteiger partial charge is 0.491 e. The standard InChI is InChI=1S/C23H24N6O3/c1-13(2)32-18-5-3-4-17(10-18)25-19-11-20(26-16-6-7-16)29-22(27-19)15(12-24-29)8-14-9-21(30)28-23(14)31/h3-5,8,10-13,16,26H,6-7,9H2,1-2H3,(H,25,27)(H,28,30,31)/b14-8+. The molecule has 2 aliphatic rings. The number of amides is 2. The lowest BCUT2D eigenvalue weighted by Crippen LogP contribution is -2.19. The molecule has 9 nitrogen and oxygen atoms in total. The van der Waals surface area contributed by atoms with Gasteiger partial charge in [-0.05, 0) is 44.9 Å². The highest BCUT2D eigenvalue weighted by molar-refractivity contribution is 6.15. The smallest absolute Gasteiger partial charge is 0.254 e. The summed E-state index contributed by atoms with van der Waals surface area (Å²) < 4.78 is 7.51. The number of carbonyl (C=O) groups is 2. The summed E-state index contributed by atoms with van der Waals surface area (Å²) in [5, 5.41) is 13.6. The molecule has 1 saturated carbocycles. The third-order valence-electron chi connectivity index (χ3n) is 5.13. The number of carbonyl (C=O) groups excluding carboxylic acids is 2. The molecule has 2 amide bonds. The third kappa shape index (κ3) is 4.27. The van der Waals surface area contributed by atoms with Crippen LogP contribution in [0.15, 0.2) is 42.1 Å². The number of anilines is 3. The summed E-state index contributed by atoms with van der Waals surface area (Å²) in [5.41, 5.74) is 2.51. The first-order valence-corrected chi connectivity index (χ1v) is 10.7. The summed E-state index contributed by atoms with van der Waals surface area (Å²) in [6.45, 7) is 3.97. The minimum atomic E-state index is -0.373. The third-order valence-corrected chi connectivity index (χ3v) is 5.13. The number of benzene rings is 1. The zero-order valence-electron chi connectivity index (χ0n) is 17.9. The zero-order chi connectivity index (χ0) is 22.2. The van der Waals surface area contributed by atoms with Crippen molar-refractivity contribution >= 4 is 40.9 Å². The normalized spacial score (nSPS) is 17.3. The van der Waals surface area contributed by atoms with E-state index in [-0.39, 0.29) is 24.3 Å². The maximum atomic E-state index is 12.0. The van der Waals surface area contributed by atoms with E-state index < -0.39 is 0 Å². The molecular formula is C23H24N6O3. The Hall–Kier alpha value is -3.88. The fraction of sp³-hybridized carbons (Fsp3) is 0.304. The Kier molecular flexibility index (Phi) is 5.01. The quantitative estimate of drug-likeness (QED) is 0.388. The molecule has 0 spiro atoms. The molecule has 3 heterocycles. The van der Waals surface area contributed by atoms with Crippen LogP contribution in [-0.4, -0.2) is 38.6 Å². The van der Waals surface area contributed by atoms with Crippen molar-refractivity contribution in [3.8, 4) is 5.75 Å². The van der Waals surface area contributed by atoms with Gasteiger partial charge in [-0.1, -0.05) is 6.07 Å². The summed E-state index contributed by atoms with van der Waals surface area (Å²) in [7, 11) is 0. The maximum Gasteiger partial charge on any atom is 0.254 e. The van der Waals surface area contributed by atoms with Gasteiger partial charge in [-0.15, -0.1) is 0 Å². The van der Waals surface area contributed by atoms with E-state index in [4.69, 9.17) is 9.72 Å². The van der Waals surface area contributed by atoms with E-state index in [9.17, 15) is 9.59 Å². The van der Waals surface area contributed by atoms with Gasteiger partial charge >= 0.3 is 0 Å². The van der Waals surface area contributed by atoms with Gasteiger partial charge in [0.25, 0.3) is 5.91 Å². The molecule has 9 heteroatoms. The number of hydrogen-bond acceptors (Lipinski definition) is 7. The average Bonchev–Trinajstić information content (AvgIpc) is 3.36. The van der Waals surface area contributed by atoms with Crippen molar-refractivity contribution in [3.63, 3.8) is 0 Å². The molecule has 164 valence electrons. The van der Waals surface area contributed by atoms with E-state index in [2.05, 4.69) is 21.0 Å². The summed E-state index contributed by atoms with van der Waals surface area (Å²) in [6, 6.07) is 10.0. The number of fused-ring (bicyclic) bond motifs is 1. The monoisotopic (exact) mass is 432 g/mol. The van der Waals surface area contributed by atoms with Crippen LogP contribution in [-0.2, 0) is 9.59 Å². The predicted octanol–water partition coefficient (Wildman–Crippen LogP) is 3.26. The molecule has 0 radical (unpaired) electrons. The van der Waals surface area contributed by atoms with E-state index in [1.807, 2.05) is 44.2 Å². The number of imide groups is 1. The molecule has 5 rings (SSSR count). The van der Waals surface area contributed by atoms with E-state index in [0.717, 1.165) is 30.1 Å². The van der Waals surface area contributed by atoms with Crippen LogP contribution in [0, 0.1) is 0 Å². The highest BCUT2D eigenvalue weighted by Crippen LogP contribution is 2.29. The van der Waals surface area contributed by atoms with Gasteiger partial charge in [-0.2, -0.15) is 9.61 Å². The minimum absolute atomic E-state index is 0.0595. The van der Waals surface area contributed by atoms with Gasteiger partial charge in [-0.3, -0.25) is 14.9 Å². The van der Waals surface area contributed by atoms with Crippen molar-refractivity contribution in [1.29, 1.82) is 0 Å². The number of nitrogens with one attached hydrogen (secondary N) is 3. The molecule has 1 aliphatic heterocycles. The van der Waals surface area contributed by atoms with Crippen LogP contribution >= 0.6 is 0 Å². The molecule has 1 aliphatic carbocycles. The second-order valence-corrected chi connectivity index (χ2v) is 8.32. The molecule has 3 aromatic rings. The predicted molar refractivity (Wildman–Crippen MR) is 121 cm³/mol. The Morgan fingerprint density at radius 1 is 1.25 bits per heavy atom. The van der Waals surface area contributed by atoms with Crippen LogP contribution in [0.2, 0.25) is 0 Å². The molecule has 32 heavy (non-hydrogen) atoms. The topological polar surface area (TPSA) is 110 Å². The lowest BCUT2D eigenvalue weighted by atomic mass is 10.1. The van der Waals surface area contributed by atoms with Crippen molar-refractivity contribution in [2.45, 2.75) is 45.3 Å². The Balaban J connectivity index is 1.52. The number of hydrogen-bond donors (Lipinski definition) is 3. The van der Waals surface area contributed by atoms with E-state index in [1.165, 1.54) is 0 Å². The van der Waals surface area contributed by atoms with Crippen molar-refractivity contribution < 1.29 is 14.3 Å². The average molecular weight is 432 g/mol. The molecule has 0 atom stereocenters. The summed E-state index contributed by atoms with van der Waals surface area (Å²) >= 11 is 0. The minimum Gasteiger partial charge on any atom is -0.491 e. The second-order valence-electron chi connectivity index (χ2n) is 8.32. The molecule has 3 N–H and O–H groups in total. The van der Waals surface area contributed by atoms with Crippen molar-refractivity contribution in [2.24, 2.45) is 0 Å². The van der Waals surface area contributed by atoms with Crippen LogP contribution in [0.3, 0.4) is 0 Å². The number of rotatable bonds is 7. The summed E-state index contributed by atoms with van der Waals surface area (Å²) in [6.07, 6.45) is 5.70. The second kappa shape index (κ2) is 7.99.